The molecule has 3 N–H and O–H groups in total. The number of alkyl carbamates (subject to hydrolysis) is 1. The van der Waals surface area contributed by atoms with E-state index in [0.717, 1.165) is 11.0 Å². The molecule has 3 heterocycles. The zero-order valence-electron chi connectivity index (χ0n) is 28.9. The van der Waals surface area contributed by atoms with Gasteiger partial charge >= 0.3 is 12.0 Å². The summed E-state index contributed by atoms with van der Waals surface area (Å²) in [6.45, 7) is 0.0224. The number of alkyl halides is 4. The second kappa shape index (κ2) is 13.9. The van der Waals surface area contributed by atoms with E-state index in [4.69, 9.17) is 14.2 Å². The van der Waals surface area contributed by atoms with Gasteiger partial charge in [-0.3, -0.25) is 19.1 Å². The molecular weight excluding hydrogens is 744 g/mol. The number of fused-ring (bicyclic) bond motifs is 5. The number of sulfonamides is 1. The molecule has 4 amide bonds. The van der Waals surface area contributed by atoms with Crippen LogP contribution in [0, 0.1) is 5.92 Å². The third-order valence-electron chi connectivity index (χ3n) is 10.7. The third-order valence-corrected chi connectivity index (χ3v) is 12.8. The summed E-state index contributed by atoms with van der Waals surface area (Å²) in [6.07, 6.45) is -3.95. The average Bonchev–Trinajstić information content (AvgIpc) is 3.94. The minimum Gasteiger partial charge on any atom is -0.471 e. The van der Waals surface area contributed by atoms with E-state index in [9.17, 15) is 36.4 Å². The first-order valence-electron chi connectivity index (χ1n) is 17.5. The van der Waals surface area contributed by atoms with Crippen molar-refractivity contribution in [2.24, 2.45) is 5.92 Å². The summed E-state index contributed by atoms with van der Waals surface area (Å²) in [7, 11) is -4.28. The molecule has 1 aromatic carbocycles. The highest BCUT2D eigenvalue weighted by Gasteiger charge is 2.67. The fourth-order valence-corrected chi connectivity index (χ4v) is 8.40. The van der Waals surface area contributed by atoms with Gasteiger partial charge in [-0.15, -0.1) is 0 Å². The number of aromatic nitrogens is 2. The van der Waals surface area contributed by atoms with Gasteiger partial charge in [-0.2, -0.15) is 8.78 Å². The Morgan fingerprint density at radius 1 is 1.06 bits per heavy atom. The van der Waals surface area contributed by atoms with E-state index in [-0.39, 0.29) is 30.5 Å². The molecule has 6 atom stereocenters. The van der Waals surface area contributed by atoms with Crippen LogP contribution in [0.3, 0.4) is 0 Å². The smallest absolute Gasteiger partial charge is 0.407 e. The third kappa shape index (κ3) is 7.28. The van der Waals surface area contributed by atoms with Crippen LogP contribution in [-0.4, -0.2) is 108 Å². The molecule has 292 valence electrons. The van der Waals surface area contributed by atoms with Gasteiger partial charge in [0, 0.05) is 6.42 Å². The van der Waals surface area contributed by atoms with Gasteiger partial charge in [-0.1, -0.05) is 18.2 Å². The fraction of sp³-hybridized carbons (Fsp3) is 0.588. The van der Waals surface area contributed by atoms with Crippen molar-refractivity contribution in [3.05, 3.63) is 42.1 Å². The van der Waals surface area contributed by atoms with E-state index in [1.165, 1.54) is 19.1 Å². The van der Waals surface area contributed by atoms with Crippen LogP contribution < -0.4 is 20.1 Å². The molecule has 1 aromatic heterocycles. The number of carbonyl (C=O) groups excluding carboxylic acids is 4. The van der Waals surface area contributed by atoms with Crippen LogP contribution in [-0.2, 0) is 39.8 Å². The van der Waals surface area contributed by atoms with Gasteiger partial charge in [-0.05, 0) is 63.7 Å². The Kier molecular flexibility index (Phi) is 9.72. The summed E-state index contributed by atoms with van der Waals surface area (Å²) in [6, 6.07) is 4.65. The van der Waals surface area contributed by atoms with Crippen molar-refractivity contribution in [2.45, 2.75) is 98.9 Å². The Bertz CT molecular complexity index is 2000. The molecule has 2 aliphatic heterocycles. The predicted molar refractivity (Wildman–Crippen MR) is 179 cm³/mol. The molecule has 4 fully saturated rings. The van der Waals surface area contributed by atoms with Crippen LogP contribution in [0.15, 0.2) is 36.4 Å². The number of amides is 4. The van der Waals surface area contributed by atoms with E-state index in [0.29, 0.717) is 25.3 Å². The maximum Gasteiger partial charge on any atom is 0.407 e. The number of benzene rings is 1. The van der Waals surface area contributed by atoms with E-state index in [2.05, 4.69) is 20.6 Å². The predicted octanol–water partition coefficient (Wildman–Crippen LogP) is 2.44. The molecule has 3 saturated carbocycles. The molecule has 2 aromatic rings. The van der Waals surface area contributed by atoms with E-state index < -0.39 is 124 Å². The molecule has 0 spiro atoms. The molecule has 0 unspecified atom stereocenters. The lowest BCUT2D eigenvalue weighted by Crippen LogP contribution is -2.58. The Labute approximate surface area is 306 Å². The van der Waals surface area contributed by atoms with Crippen LogP contribution >= 0.6 is 0 Å². The van der Waals surface area contributed by atoms with Crippen LogP contribution in [0.2, 0.25) is 0 Å². The molecule has 0 radical (unpaired) electrons. The number of allylic oxidation sites excluding steroid dienone is 1. The van der Waals surface area contributed by atoms with Crippen molar-refractivity contribution in [1.29, 1.82) is 0 Å². The van der Waals surface area contributed by atoms with Gasteiger partial charge in [-0.25, -0.2) is 32.0 Å². The molecule has 5 aliphatic rings. The lowest BCUT2D eigenvalue weighted by molar-refractivity contribution is -0.139. The molecule has 2 bridgehead atoms. The highest BCUT2D eigenvalue weighted by molar-refractivity contribution is 7.91. The standard InChI is InChI=1S/C34H38F4N6O9S/c1-32(11-12-32)54(49,50)43-30(47)33(15-19(33)27(35)36)42-28(46)22-14-18-17-44(22)25(45)16-39-31(48)53-24-9-4-8-23(24)51-13-5-10-34(37,38)26-29(52-18)41-21-7-3-2-6-20(21)40-26/h2-3,5-7,10,18-19,22-24,27H,4,8-9,11-17H2,1H3,(H,39,48)(H,42,46)(H,43,47)/b10-5+/t18-,19+,22+,23-,24-,33-/m1/s1. The normalized spacial score (nSPS) is 31.1. The second-order valence-electron chi connectivity index (χ2n) is 14.5. The Hall–Kier alpha value is -4.59. The Morgan fingerprint density at radius 2 is 1.76 bits per heavy atom. The molecule has 7 rings (SSSR count). The van der Waals surface area contributed by atoms with Crippen molar-refractivity contribution in [3.8, 4) is 5.88 Å². The number of hydrogen-bond donors (Lipinski definition) is 3. The van der Waals surface area contributed by atoms with Crippen LogP contribution in [0.25, 0.3) is 11.0 Å². The number of nitrogens with one attached hydrogen (secondary N) is 3. The van der Waals surface area contributed by atoms with Gasteiger partial charge in [0.2, 0.25) is 34.1 Å². The van der Waals surface area contributed by atoms with Gasteiger partial charge in [0.25, 0.3) is 5.91 Å². The number of hydrogen-bond acceptors (Lipinski definition) is 11. The Balaban J connectivity index is 1.20. The highest BCUT2D eigenvalue weighted by atomic mass is 32.2. The van der Waals surface area contributed by atoms with Crippen molar-refractivity contribution >= 4 is 44.9 Å². The highest BCUT2D eigenvalue weighted by Crippen LogP contribution is 2.49. The summed E-state index contributed by atoms with van der Waals surface area (Å²) in [4.78, 5) is 63.0. The van der Waals surface area contributed by atoms with Gasteiger partial charge in [0.05, 0.1) is 41.0 Å². The number of nitrogens with zero attached hydrogens (tertiary/aromatic N) is 3. The lowest BCUT2D eigenvalue weighted by atomic mass is 10.1. The fourth-order valence-electron chi connectivity index (χ4n) is 7.09. The molecular formula is C34H38F4N6O9S. The number of ether oxygens (including phenoxy) is 3. The summed E-state index contributed by atoms with van der Waals surface area (Å²) in [5.74, 6) is -9.42. The first-order valence-corrected chi connectivity index (χ1v) is 19.0. The topological polar surface area (TPSA) is 195 Å². The van der Waals surface area contributed by atoms with Gasteiger partial charge in [0.1, 0.15) is 30.3 Å². The van der Waals surface area contributed by atoms with Gasteiger partial charge in [0.15, 0.2) is 5.69 Å². The summed E-state index contributed by atoms with van der Waals surface area (Å²) < 4.78 is 103. The van der Waals surface area contributed by atoms with Crippen LogP contribution in [0.5, 0.6) is 5.88 Å². The number of halogens is 4. The SMILES string of the molecule is CC1(S(=O)(=O)NC(=O)[C@@]2(NC(=O)[C@@H]3C[C@@H]4CN3C(=O)CNC(=O)O[C@@H]3CCC[C@H]3OC/C=C/C(F)(F)c3nc5ccccc5nc3O4)C[C@H]2C(F)F)CC1. The van der Waals surface area contributed by atoms with Crippen molar-refractivity contribution < 1.29 is 59.4 Å². The zero-order chi connectivity index (χ0) is 38.6. The number of rotatable bonds is 6. The summed E-state index contributed by atoms with van der Waals surface area (Å²) >= 11 is 0. The summed E-state index contributed by atoms with van der Waals surface area (Å²) in [5.41, 5.74) is -2.85. The number of para-hydroxylation sites is 2. The van der Waals surface area contributed by atoms with Crippen molar-refractivity contribution in [3.63, 3.8) is 0 Å². The van der Waals surface area contributed by atoms with E-state index >= 15 is 8.78 Å². The molecule has 15 nitrogen and oxygen atoms in total. The Morgan fingerprint density at radius 3 is 2.44 bits per heavy atom. The minimum atomic E-state index is -4.28. The maximum absolute atomic E-state index is 15.9. The average molecular weight is 783 g/mol. The zero-order valence-corrected chi connectivity index (χ0v) is 29.8. The quantitative estimate of drug-likeness (QED) is 0.288. The van der Waals surface area contributed by atoms with Gasteiger partial charge < -0.3 is 29.7 Å². The minimum absolute atomic E-state index is 0.132. The molecule has 54 heavy (non-hydrogen) atoms. The van der Waals surface area contributed by atoms with Crippen molar-refractivity contribution in [2.75, 3.05) is 19.7 Å². The first-order chi connectivity index (χ1) is 25.5. The maximum atomic E-state index is 15.9. The van der Waals surface area contributed by atoms with Crippen molar-refractivity contribution in [1.82, 2.24) is 30.2 Å². The molecule has 3 aliphatic carbocycles. The molecule has 20 heteroatoms. The van der Waals surface area contributed by atoms with Crippen LogP contribution in [0.4, 0.5) is 22.4 Å². The second-order valence-corrected chi connectivity index (χ2v) is 16.7. The first kappa shape index (κ1) is 37.7. The largest absolute Gasteiger partial charge is 0.471 e. The monoisotopic (exact) mass is 782 g/mol. The molecule has 1 saturated heterocycles. The summed E-state index contributed by atoms with van der Waals surface area (Å²) in [5, 5.41) is 4.62. The van der Waals surface area contributed by atoms with E-state index in [1.807, 2.05) is 4.72 Å². The lowest BCUT2D eigenvalue weighted by Gasteiger charge is -2.27. The number of carbonyl (C=O) groups is 4. The van der Waals surface area contributed by atoms with Crippen LogP contribution in [0.1, 0.15) is 57.6 Å². The van der Waals surface area contributed by atoms with E-state index in [1.54, 1.807) is 12.1 Å².